The molecule has 0 aromatic carbocycles. The van der Waals surface area contributed by atoms with E-state index in [9.17, 15) is 4.79 Å². The SMILES string of the molecule is CCCCCCCC/C=C/CCCCCCCC(=O)O.CN1CCOCC1. The van der Waals surface area contributed by atoms with Gasteiger partial charge in [0.1, 0.15) is 0 Å². The van der Waals surface area contributed by atoms with Crippen LogP contribution < -0.4 is 0 Å². The van der Waals surface area contributed by atoms with Crippen LogP contribution in [-0.2, 0) is 9.53 Å². The fourth-order valence-electron chi connectivity index (χ4n) is 3.00. The molecule has 0 radical (unpaired) electrons. The van der Waals surface area contributed by atoms with Gasteiger partial charge in [0, 0.05) is 19.5 Å². The van der Waals surface area contributed by atoms with Gasteiger partial charge in [-0.05, 0) is 39.2 Å². The molecule has 4 heteroatoms. The third-order valence-electron chi connectivity index (χ3n) is 4.89. The number of unbranched alkanes of at least 4 members (excludes halogenated alkanes) is 11. The number of carboxylic acids is 1. The van der Waals surface area contributed by atoms with Gasteiger partial charge in [-0.3, -0.25) is 4.79 Å². The van der Waals surface area contributed by atoms with E-state index in [4.69, 9.17) is 9.84 Å². The Morgan fingerprint density at radius 1 is 0.852 bits per heavy atom. The van der Waals surface area contributed by atoms with Crippen molar-refractivity contribution in [2.75, 3.05) is 33.4 Å². The Balaban J connectivity index is 0.000000797. The lowest BCUT2D eigenvalue weighted by atomic mass is 10.1. The molecule has 1 fully saturated rings. The highest BCUT2D eigenvalue weighted by Gasteiger charge is 2.02. The molecule has 4 nitrogen and oxygen atoms in total. The Kier molecular flexibility index (Phi) is 20.7. The van der Waals surface area contributed by atoms with E-state index in [0.717, 1.165) is 39.1 Å². The zero-order chi connectivity index (χ0) is 20.0. The van der Waals surface area contributed by atoms with E-state index >= 15 is 0 Å². The summed E-state index contributed by atoms with van der Waals surface area (Å²) >= 11 is 0. The van der Waals surface area contributed by atoms with Gasteiger partial charge < -0.3 is 14.7 Å². The number of morpholine rings is 1. The lowest BCUT2D eigenvalue weighted by molar-refractivity contribution is -0.137. The fourth-order valence-corrected chi connectivity index (χ4v) is 3.00. The van der Waals surface area contributed by atoms with Crippen LogP contribution in [-0.4, -0.2) is 49.3 Å². The van der Waals surface area contributed by atoms with Crippen LogP contribution in [0.4, 0.5) is 0 Å². The van der Waals surface area contributed by atoms with E-state index in [1.54, 1.807) is 0 Å². The largest absolute Gasteiger partial charge is 0.481 e. The summed E-state index contributed by atoms with van der Waals surface area (Å²) in [6.45, 7) is 6.28. The van der Waals surface area contributed by atoms with Crippen LogP contribution in [0, 0.1) is 0 Å². The van der Waals surface area contributed by atoms with Gasteiger partial charge in [-0.1, -0.05) is 70.4 Å². The second-order valence-corrected chi connectivity index (χ2v) is 7.64. The summed E-state index contributed by atoms with van der Waals surface area (Å²) in [7, 11) is 2.11. The van der Waals surface area contributed by atoms with E-state index in [1.165, 1.54) is 70.6 Å². The maximum atomic E-state index is 10.3. The second-order valence-electron chi connectivity index (χ2n) is 7.64. The van der Waals surface area contributed by atoms with E-state index in [-0.39, 0.29) is 0 Å². The smallest absolute Gasteiger partial charge is 0.303 e. The molecule has 0 aromatic rings. The first-order chi connectivity index (χ1) is 13.2. The monoisotopic (exact) mass is 383 g/mol. The first-order valence-corrected chi connectivity index (χ1v) is 11.3. The summed E-state index contributed by atoms with van der Waals surface area (Å²) in [4.78, 5) is 12.6. The molecule has 0 saturated carbocycles. The van der Waals surface area contributed by atoms with Crippen LogP contribution in [0.5, 0.6) is 0 Å². The lowest BCUT2D eigenvalue weighted by Crippen LogP contribution is -2.32. The molecule has 1 aliphatic rings. The van der Waals surface area contributed by atoms with Crippen LogP contribution in [0.25, 0.3) is 0 Å². The molecule has 1 saturated heterocycles. The van der Waals surface area contributed by atoms with Crippen LogP contribution in [0.15, 0.2) is 12.2 Å². The van der Waals surface area contributed by atoms with Crippen molar-refractivity contribution in [3.63, 3.8) is 0 Å². The van der Waals surface area contributed by atoms with Crippen molar-refractivity contribution in [1.82, 2.24) is 4.90 Å². The minimum atomic E-state index is -0.664. The number of carboxylic acid groups (broad SMARTS) is 1. The highest BCUT2D eigenvalue weighted by molar-refractivity contribution is 5.66. The molecule has 0 aromatic heterocycles. The average molecular weight is 384 g/mol. The number of aliphatic carboxylic acids is 1. The Morgan fingerprint density at radius 2 is 1.33 bits per heavy atom. The number of likely N-dealkylation sites (N-methyl/N-ethyl adjacent to an activating group) is 1. The summed E-state index contributed by atoms with van der Waals surface area (Å²) in [5.41, 5.74) is 0. The molecule has 160 valence electrons. The molecule has 1 rings (SSSR count). The van der Waals surface area contributed by atoms with Crippen LogP contribution in [0.1, 0.15) is 96.8 Å². The second kappa shape index (κ2) is 21.4. The molecule has 0 bridgehead atoms. The Morgan fingerprint density at radius 3 is 1.78 bits per heavy atom. The van der Waals surface area contributed by atoms with Crippen molar-refractivity contribution in [2.24, 2.45) is 0 Å². The van der Waals surface area contributed by atoms with E-state index < -0.39 is 5.97 Å². The standard InChI is InChI=1S/C18H34O2.C5H11NO/c1-2-3-4-5-6-7-8-9-10-11-12-13-14-15-16-17-18(19)20;1-6-2-4-7-5-3-6/h9-10H,2-8,11-17H2,1H3,(H,19,20);2-5H2,1H3/b10-9+;. The van der Waals surface area contributed by atoms with Crippen molar-refractivity contribution < 1.29 is 14.6 Å². The molecule has 1 heterocycles. The summed E-state index contributed by atoms with van der Waals surface area (Å²) < 4.78 is 5.10. The molecule has 0 unspecified atom stereocenters. The number of nitrogens with zero attached hydrogens (tertiary/aromatic N) is 1. The third-order valence-corrected chi connectivity index (χ3v) is 4.89. The highest BCUT2D eigenvalue weighted by Crippen LogP contribution is 2.09. The zero-order valence-electron chi connectivity index (χ0n) is 18.1. The molecule has 1 aliphatic heterocycles. The molecular formula is C23H45NO3. The predicted octanol–water partition coefficient (Wildman–Crippen LogP) is 6.06. The maximum absolute atomic E-state index is 10.3. The van der Waals surface area contributed by atoms with Crippen molar-refractivity contribution in [3.8, 4) is 0 Å². The third kappa shape index (κ3) is 23.1. The van der Waals surface area contributed by atoms with Crippen molar-refractivity contribution in [1.29, 1.82) is 0 Å². The van der Waals surface area contributed by atoms with Gasteiger partial charge in [-0.25, -0.2) is 0 Å². The first kappa shape index (κ1) is 26.1. The van der Waals surface area contributed by atoms with Gasteiger partial charge in [0.05, 0.1) is 13.2 Å². The van der Waals surface area contributed by atoms with Crippen molar-refractivity contribution in [2.45, 2.75) is 96.8 Å². The highest BCUT2D eigenvalue weighted by atomic mass is 16.5. The zero-order valence-corrected chi connectivity index (χ0v) is 18.1. The number of hydrogen-bond acceptors (Lipinski definition) is 3. The van der Waals surface area contributed by atoms with Gasteiger partial charge in [0.2, 0.25) is 0 Å². The quantitative estimate of drug-likeness (QED) is 0.276. The normalized spacial score (nSPS) is 14.9. The van der Waals surface area contributed by atoms with Crippen LogP contribution in [0.3, 0.4) is 0 Å². The summed E-state index contributed by atoms with van der Waals surface area (Å²) in [6.07, 6.45) is 21.2. The number of ether oxygens (including phenoxy) is 1. The number of hydrogen-bond donors (Lipinski definition) is 1. The van der Waals surface area contributed by atoms with E-state index in [2.05, 4.69) is 31.0 Å². The molecule has 0 amide bonds. The molecular weight excluding hydrogens is 338 g/mol. The Labute approximate surface area is 168 Å². The minimum Gasteiger partial charge on any atom is -0.481 e. The topological polar surface area (TPSA) is 49.8 Å². The van der Waals surface area contributed by atoms with E-state index in [0.29, 0.717) is 6.42 Å². The van der Waals surface area contributed by atoms with Crippen LogP contribution >= 0.6 is 0 Å². The maximum Gasteiger partial charge on any atom is 0.303 e. The number of allylic oxidation sites excluding steroid dienone is 2. The van der Waals surface area contributed by atoms with Crippen molar-refractivity contribution in [3.05, 3.63) is 12.2 Å². The Bertz CT molecular complexity index is 339. The number of carbonyl (C=O) groups is 1. The summed E-state index contributed by atoms with van der Waals surface area (Å²) in [6, 6.07) is 0. The first-order valence-electron chi connectivity index (χ1n) is 11.3. The molecule has 0 spiro atoms. The van der Waals surface area contributed by atoms with Crippen molar-refractivity contribution >= 4 is 5.97 Å². The van der Waals surface area contributed by atoms with E-state index in [1.807, 2.05) is 0 Å². The van der Waals surface area contributed by atoms with Gasteiger partial charge in [0.15, 0.2) is 0 Å². The molecule has 27 heavy (non-hydrogen) atoms. The van der Waals surface area contributed by atoms with Gasteiger partial charge >= 0.3 is 5.97 Å². The fraction of sp³-hybridized carbons (Fsp3) is 0.870. The predicted molar refractivity (Wildman–Crippen MR) is 115 cm³/mol. The molecule has 0 aliphatic carbocycles. The average Bonchev–Trinajstić information content (AvgIpc) is 2.66. The van der Waals surface area contributed by atoms with Gasteiger partial charge in [-0.2, -0.15) is 0 Å². The molecule has 0 atom stereocenters. The lowest BCUT2D eigenvalue weighted by Gasteiger charge is -2.21. The summed E-state index contributed by atoms with van der Waals surface area (Å²) in [5.74, 6) is -0.664. The molecule has 1 N–H and O–H groups in total. The van der Waals surface area contributed by atoms with Gasteiger partial charge in [-0.15, -0.1) is 0 Å². The minimum absolute atomic E-state index is 0.332. The summed E-state index contributed by atoms with van der Waals surface area (Å²) in [5, 5.41) is 8.51. The Hall–Kier alpha value is -0.870. The van der Waals surface area contributed by atoms with Crippen LogP contribution in [0.2, 0.25) is 0 Å². The number of rotatable bonds is 15. The van der Waals surface area contributed by atoms with Gasteiger partial charge in [0.25, 0.3) is 0 Å².